The van der Waals surface area contributed by atoms with Crippen molar-refractivity contribution in [1.29, 1.82) is 0 Å². The molecule has 1 unspecified atom stereocenters. The number of aryl methyl sites for hydroxylation is 1. The summed E-state index contributed by atoms with van der Waals surface area (Å²) in [5.41, 5.74) is 11.0. The fourth-order valence-corrected chi connectivity index (χ4v) is 3.82. The number of carbonyl (C=O) groups is 1. The number of allylic oxidation sites excluding steroid dienone is 1. The number of carbonyl (C=O) groups excluding carboxylic acids is 1. The molecule has 0 bridgehead atoms. The van der Waals surface area contributed by atoms with Crippen molar-refractivity contribution in [2.45, 2.75) is 19.8 Å². The second-order valence-electron chi connectivity index (χ2n) is 6.81. The maximum Gasteiger partial charge on any atom is 0.209 e. The highest BCUT2D eigenvalue weighted by atomic mass is 16.1. The van der Waals surface area contributed by atoms with E-state index in [1.54, 1.807) is 6.20 Å². The molecule has 1 spiro atoms. The number of aromatic amines is 1. The Morgan fingerprint density at radius 2 is 2.33 bits per heavy atom. The van der Waals surface area contributed by atoms with Gasteiger partial charge in [-0.1, -0.05) is 0 Å². The number of hydrogen-bond donors (Lipinski definition) is 2. The molecule has 2 aliphatic rings. The third-order valence-corrected chi connectivity index (χ3v) is 5.31. The third-order valence-electron chi connectivity index (χ3n) is 5.31. The van der Waals surface area contributed by atoms with E-state index in [4.69, 9.17) is 5.73 Å². The maximum atomic E-state index is 11.1. The van der Waals surface area contributed by atoms with E-state index in [1.165, 1.54) is 0 Å². The lowest BCUT2D eigenvalue weighted by Gasteiger charge is -2.23. The molecule has 2 aromatic rings. The summed E-state index contributed by atoms with van der Waals surface area (Å²) >= 11 is 0. The minimum Gasteiger partial charge on any atom is -0.398 e. The number of amides is 1. The summed E-state index contributed by atoms with van der Waals surface area (Å²) < 4.78 is 0. The van der Waals surface area contributed by atoms with Crippen molar-refractivity contribution >= 4 is 28.9 Å². The van der Waals surface area contributed by atoms with Gasteiger partial charge in [-0.2, -0.15) is 0 Å². The van der Waals surface area contributed by atoms with Gasteiger partial charge in [0.15, 0.2) is 0 Å². The number of nitrogens with one attached hydrogen (secondary N) is 1. The van der Waals surface area contributed by atoms with Crippen LogP contribution in [0.3, 0.4) is 0 Å². The summed E-state index contributed by atoms with van der Waals surface area (Å²) in [6.07, 6.45) is 8.60. The molecule has 3 N–H and O–H groups in total. The van der Waals surface area contributed by atoms with Gasteiger partial charge in [-0.15, -0.1) is 0 Å². The average molecular weight is 323 g/mol. The van der Waals surface area contributed by atoms with Crippen molar-refractivity contribution in [1.82, 2.24) is 14.9 Å². The Morgan fingerprint density at radius 3 is 3.12 bits per heavy atom. The molecule has 0 aliphatic carbocycles. The monoisotopic (exact) mass is 323 g/mol. The van der Waals surface area contributed by atoms with Crippen molar-refractivity contribution in [3.05, 3.63) is 35.7 Å². The molecule has 6 heteroatoms. The van der Waals surface area contributed by atoms with E-state index < -0.39 is 0 Å². The Labute approximate surface area is 140 Å². The molecular formula is C18H21N5O. The first-order chi connectivity index (χ1) is 11.6. The summed E-state index contributed by atoms with van der Waals surface area (Å²) in [5.74, 6) is 0. The Balaban J connectivity index is 1.66. The van der Waals surface area contributed by atoms with Crippen LogP contribution < -0.4 is 5.73 Å². The molecule has 0 saturated carbocycles. The van der Waals surface area contributed by atoms with Gasteiger partial charge in [0, 0.05) is 59.8 Å². The van der Waals surface area contributed by atoms with Crippen molar-refractivity contribution in [2.24, 2.45) is 16.1 Å². The zero-order valence-corrected chi connectivity index (χ0v) is 13.7. The molecule has 6 nitrogen and oxygen atoms in total. The van der Waals surface area contributed by atoms with Crippen molar-refractivity contribution in [3.63, 3.8) is 0 Å². The quantitative estimate of drug-likeness (QED) is 0.845. The van der Waals surface area contributed by atoms with Crippen LogP contribution in [0.1, 0.15) is 24.0 Å². The first-order valence-corrected chi connectivity index (χ1v) is 8.27. The van der Waals surface area contributed by atoms with Crippen LogP contribution in [0.4, 0.5) is 0 Å². The molecular weight excluding hydrogens is 302 g/mol. The van der Waals surface area contributed by atoms with Crippen LogP contribution in [0.2, 0.25) is 0 Å². The number of aromatic nitrogens is 2. The van der Waals surface area contributed by atoms with E-state index in [-0.39, 0.29) is 5.41 Å². The number of aliphatic imine (C=N–C) groups is 1. The lowest BCUT2D eigenvalue weighted by atomic mass is 9.80. The summed E-state index contributed by atoms with van der Waals surface area (Å²) in [7, 11) is 0. The number of likely N-dealkylation sites (tertiary alicyclic amines) is 1. The lowest BCUT2D eigenvalue weighted by molar-refractivity contribution is -0.117. The van der Waals surface area contributed by atoms with Crippen molar-refractivity contribution < 1.29 is 4.79 Å². The highest BCUT2D eigenvalue weighted by Gasteiger charge is 2.43. The number of pyridine rings is 1. The fraction of sp³-hybridized carbons (Fsp3) is 0.389. The van der Waals surface area contributed by atoms with Gasteiger partial charge in [-0.3, -0.25) is 9.79 Å². The molecule has 1 fully saturated rings. The van der Waals surface area contributed by atoms with Gasteiger partial charge in [0.05, 0.1) is 0 Å². The molecule has 1 amide bonds. The third kappa shape index (κ3) is 2.29. The second-order valence-corrected chi connectivity index (χ2v) is 6.81. The Hall–Kier alpha value is -2.63. The molecule has 4 rings (SSSR count). The van der Waals surface area contributed by atoms with E-state index >= 15 is 0 Å². The Morgan fingerprint density at radius 1 is 1.46 bits per heavy atom. The van der Waals surface area contributed by atoms with Gasteiger partial charge in [0.25, 0.3) is 0 Å². The van der Waals surface area contributed by atoms with Crippen LogP contribution in [0, 0.1) is 12.3 Å². The van der Waals surface area contributed by atoms with Gasteiger partial charge in [0.2, 0.25) is 6.41 Å². The normalized spacial score (nSPS) is 24.1. The molecule has 1 atom stereocenters. The summed E-state index contributed by atoms with van der Waals surface area (Å²) in [5, 5.41) is 1.08. The molecule has 2 aromatic heterocycles. The Kier molecular flexibility index (Phi) is 3.40. The molecule has 1 saturated heterocycles. The molecule has 124 valence electrons. The first kappa shape index (κ1) is 14.9. The topological polar surface area (TPSA) is 87.4 Å². The van der Waals surface area contributed by atoms with Gasteiger partial charge in [0.1, 0.15) is 5.65 Å². The van der Waals surface area contributed by atoms with Crippen LogP contribution >= 0.6 is 0 Å². The predicted octanol–water partition coefficient (Wildman–Crippen LogP) is 1.86. The fourth-order valence-electron chi connectivity index (χ4n) is 3.82. The SMILES string of the molecule is Cc1c[nH]c2ncc(C(N)=CC3=NCCC34CCN(C=O)C4)cc12. The van der Waals surface area contributed by atoms with Crippen molar-refractivity contribution in [2.75, 3.05) is 19.6 Å². The molecule has 0 radical (unpaired) electrons. The van der Waals surface area contributed by atoms with E-state index in [1.807, 2.05) is 24.1 Å². The number of fused-ring (bicyclic) bond motifs is 1. The molecule has 24 heavy (non-hydrogen) atoms. The zero-order chi connectivity index (χ0) is 16.7. The highest BCUT2D eigenvalue weighted by Crippen LogP contribution is 2.39. The van der Waals surface area contributed by atoms with Gasteiger partial charge in [-0.25, -0.2) is 4.98 Å². The molecule has 2 aliphatic heterocycles. The molecule has 4 heterocycles. The smallest absolute Gasteiger partial charge is 0.209 e. The Bertz CT molecular complexity index is 865. The van der Waals surface area contributed by atoms with Gasteiger partial charge in [-0.05, 0) is 37.5 Å². The summed E-state index contributed by atoms with van der Waals surface area (Å²) in [6.45, 7) is 4.40. The van der Waals surface area contributed by atoms with Crippen LogP contribution in [0.15, 0.2) is 29.5 Å². The highest BCUT2D eigenvalue weighted by molar-refractivity contribution is 6.06. The summed E-state index contributed by atoms with van der Waals surface area (Å²) in [6, 6.07) is 2.06. The average Bonchev–Trinajstić information content (AvgIpc) is 3.29. The molecule has 0 aromatic carbocycles. The van der Waals surface area contributed by atoms with Crippen molar-refractivity contribution in [3.8, 4) is 0 Å². The predicted molar refractivity (Wildman–Crippen MR) is 94.6 cm³/mol. The van der Waals surface area contributed by atoms with Crippen LogP contribution in [-0.2, 0) is 4.79 Å². The van der Waals surface area contributed by atoms with E-state index in [0.717, 1.165) is 66.8 Å². The van der Waals surface area contributed by atoms with Gasteiger partial charge < -0.3 is 15.6 Å². The minimum atomic E-state index is -0.0208. The van der Waals surface area contributed by atoms with Crippen LogP contribution in [0.25, 0.3) is 16.7 Å². The van der Waals surface area contributed by atoms with E-state index in [2.05, 4.69) is 21.0 Å². The van der Waals surface area contributed by atoms with Crippen LogP contribution in [0.5, 0.6) is 0 Å². The number of rotatable bonds is 3. The standard InChI is InChI=1S/C18H21N5O/c1-12-8-21-17-14(12)6-13(9-22-17)15(19)7-16-18(2-4-20-16)3-5-23(10-18)11-24/h6-9,11H,2-5,10,19H2,1H3,(H,21,22). The first-order valence-electron chi connectivity index (χ1n) is 8.27. The minimum absolute atomic E-state index is 0.0208. The second kappa shape index (κ2) is 5.47. The summed E-state index contributed by atoms with van der Waals surface area (Å²) in [4.78, 5) is 25.1. The number of H-pyrrole nitrogens is 1. The van der Waals surface area contributed by atoms with E-state index in [9.17, 15) is 4.79 Å². The largest absolute Gasteiger partial charge is 0.398 e. The lowest BCUT2D eigenvalue weighted by Crippen LogP contribution is -2.31. The maximum absolute atomic E-state index is 11.1. The van der Waals surface area contributed by atoms with Crippen LogP contribution in [-0.4, -0.2) is 46.6 Å². The number of hydrogen-bond acceptors (Lipinski definition) is 4. The van der Waals surface area contributed by atoms with Gasteiger partial charge >= 0.3 is 0 Å². The van der Waals surface area contributed by atoms with E-state index in [0.29, 0.717) is 5.70 Å². The zero-order valence-electron chi connectivity index (χ0n) is 13.7. The number of nitrogens with two attached hydrogens (primary N) is 1. The number of nitrogens with zero attached hydrogens (tertiary/aromatic N) is 3.